The molecular weight excluding hydrogens is 204 g/mol. The average Bonchev–Trinajstić information content (AvgIpc) is 2.97. The lowest BCUT2D eigenvalue weighted by Gasteiger charge is -2.30. The monoisotopic (exact) mass is 224 g/mol. The van der Waals surface area contributed by atoms with E-state index >= 15 is 0 Å². The third kappa shape index (κ3) is 2.06. The molecule has 1 unspecified atom stereocenters. The maximum Gasteiger partial charge on any atom is 0.245 e. The zero-order valence-corrected chi connectivity index (χ0v) is 10.1. The molecule has 90 valence electrons. The zero-order chi connectivity index (χ0) is 11.8. The van der Waals surface area contributed by atoms with Gasteiger partial charge in [-0.25, -0.2) is 0 Å². The number of amides is 2. The van der Waals surface area contributed by atoms with Gasteiger partial charge in [-0.15, -0.1) is 0 Å². The van der Waals surface area contributed by atoms with Gasteiger partial charge >= 0.3 is 0 Å². The van der Waals surface area contributed by atoms with E-state index in [9.17, 15) is 9.59 Å². The Labute approximate surface area is 96.4 Å². The number of carbonyl (C=O) groups is 2. The second-order valence-corrected chi connectivity index (χ2v) is 5.15. The maximum absolute atomic E-state index is 12.3. The first-order valence-corrected chi connectivity index (χ1v) is 6.18. The second kappa shape index (κ2) is 4.07. The summed E-state index contributed by atoms with van der Waals surface area (Å²) in [5.41, 5.74) is 0.0371. The first-order chi connectivity index (χ1) is 7.57. The van der Waals surface area contributed by atoms with Gasteiger partial charge < -0.3 is 10.2 Å². The van der Waals surface area contributed by atoms with Crippen LogP contribution in [0.25, 0.3) is 0 Å². The first-order valence-electron chi connectivity index (χ1n) is 6.18. The van der Waals surface area contributed by atoms with Gasteiger partial charge in [0.25, 0.3) is 0 Å². The largest absolute Gasteiger partial charge is 0.344 e. The fraction of sp³-hybridized carbons (Fsp3) is 0.833. The Morgan fingerprint density at radius 1 is 1.44 bits per heavy atom. The van der Waals surface area contributed by atoms with Gasteiger partial charge in [-0.3, -0.25) is 9.59 Å². The third-order valence-electron chi connectivity index (χ3n) is 3.66. The molecule has 0 aromatic heterocycles. The predicted octanol–water partition coefficient (Wildman–Crippen LogP) is 1.06. The van der Waals surface area contributed by atoms with Crippen LogP contribution in [-0.2, 0) is 9.59 Å². The summed E-state index contributed by atoms with van der Waals surface area (Å²) in [6.45, 7) is 4.73. The van der Waals surface area contributed by atoms with Crippen LogP contribution < -0.4 is 5.32 Å². The minimum Gasteiger partial charge on any atom is -0.344 e. The van der Waals surface area contributed by atoms with E-state index in [1.54, 1.807) is 0 Å². The number of hydrogen-bond acceptors (Lipinski definition) is 2. The third-order valence-corrected chi connectivity index (χ3v) is 3.66. The highest BCUT2D eigenvalue weighted by molar-refractivity contribution is 5.90. The molecule has 1 saturated carbocycles. The van der Waals surface area contributed by atoms with Crippen molar-refractivity contribution < 1.29 is 9.59 Å². The Balaban J connectivity index is 2.13. The molecule has 1 atom stereocenters. The summed E-state index contributed by atoms with van der Waals surface area (Å²) in [7, 11) is 0. The van der Waals surface area contributed by atoms with Gasteiger partial charge in [0, 0.05) is 18.5 Å². The molecule has 0 radical (unpaired) electrons. The number of rotatable bonds is 3. The molecule has 4 nitrogen and oxygen atoms in total. The molecule has 4 heteroatoms. The average molecular weight is 224 g/mol. The summed E-state index contributed by atoms with van der Waals surface area (Å²) in [4.78, 5) is 25.7. The molecule has 2 fully saturated rings. The maximum atomic E-state index is 12.3. The molecule has 2 amide bonds. The highest BCUT2D eigenvalue weighted by Gasteiger charge is 2.47. The van der Waals surface area contributed by atoms with Crippen LogP contribution >= 0.6 is 0 Å². The smallest absolute Gasteiger partial charge is 0.245 e. The minimum absolute atomic E-state index is 0.0125. The van der Waals surface area contributed by atoms with Crippen molar-refractivity contribution in [2.45, 2.75) is 57.5 Å². The van der Waals surface area contributed by atoms with Gasteiger partial charge in [-0.2, -0.15) is 0 Å². The van der Waals surface area contributed by atoms with E-state index in [-0.39, 0.29) is 23.4 Å². The normalized spacial score (nSPS) is 28.6. The molecule has 0 aromatic carbocycles. The van der Waals surface area contributed by atoms with Crippen molar-refractivity contribution in [2.75, 3.05) is 6.54 Å². The van der Waals surface area contributed by atoms with Crippen molar-refractivity contribution in [3.05, 3.63) is 0 Å². The summed E-state index contributed by atoms with van der Waals surface area (Å²) >= 11 is 0. The number of nitrogens with zero attached hydrogens (tertiary/aromatic N) is 1. The molecule has 1 N–H and O–H groups in total. The molecule has 0 spiro atoms. The van der Waals surface area contributed by atoms with Gasteiger partial charge in [0.15, 0.2) is 0 Å². The zero-order valence-electron chi connectivity index (χ0n) is 10.1. The SMILES string of the molecule is CCCC1NC(=O)CCN(C2(C)CC2)C1=O. The summed E-state index contributed by atoms with van der Waals surface area (Å²) in [6, 6.07) is -0.294. The van der Waals surface area contributed by atoms with Gasteiger partial charge in [0.1, 0.15) is 6.04 Å². The van der Waals surface area contributed by atoms with Crippen molar-refractivity contribution >= 4 is 11.8 Å². The molecule has 2 rings (SSSR count). The highest BCUT2D eigenvalue weighted by atomic mass is 16.2. The number of nitrogens with one attached hydrogen (secondary N) is 1. The molecule has 0 aromatic rings. The van der Waals surface area contributed by atoms with Gasteiger partial charge in [0.05, 0.1) is 0 Å². The van der Waals surface area contributed by atoms with Crippen LogP contribution in [0.3, 0.4) is 0 Å². The first kappa shape index (κ1) is 11.4. The minimum atomic E-state index is -0.294. The lowest BCUT2D eigenvalue weighted by molar-refractivity contribution is -0.136. The van der Waals surface area contributed by atoms with Crippen molar-refractivity contribution in [3.63, 3.8) is 0 Å². The fourth-order valence-electron chi connectivity index (χ4n) is 2.31. The Hall–Kier alpha value is -1.06. The van der Waals surface area contributed by atoms with Crippen LogP contribution in [0.4, 0.5) is 0 Å². The van der Waals surface area contributed by atoms with Crippen LogP contribution in [-0.4, -0.2) is 34.8 Å². The van der Waals surface area contributed by atoms with E-state index in [0.29, 0.717) is 13.0 Å². The lowest BCUT2D eigenvalue weighted by atomic mass is 10.1. The molecule has 2 aliphatic rings. The Morgan fingerprint density at radius 3 is 2.69 bits per heavy atom. The molecular formula is C12H20N2O2. The molecule has 1 heterocycles. The van der Waals surface area contributed by atoms with Crippen LogP contribution in [0.5, 0.6) is 0 Å². The highest BCUT2D eigenvalue weighted by Crippen LogP contribution is 2.41. The second-order valence-electron chi connectivity index (χ2n) is 5.15. The van der Waals surface area contributed by atoms with E-state index in [1.165, 1.54) is 0 Å². The lowest BCUT2D eigenvalue weighted by Crippen LogP contribution is -2.48. The van der Waals surface area contributed by atoms with Gasteiger partial charge in [0.2, 0.25) is 11.8 Å². The van der Waals surface area contributed by atoms with Crippen molar-refractivity contribution in [2.24, 2.45) is 0 Å². The number of carbonyl (C=O) groups excluding carboxylic acids is 2. The molecule has 1 aliphatic carbocycles. The Morgan fingerprint density at radius 2 is 2.12 bits per heavy atom. The predicted molar refractivity (Wildman–Crippen MR) is 60.8 cm³/mol. The molecule has 1 aliphatic heterocycles. The van der Waals surface area contributed by atoms with Crippen LogP contribution in [0, 0.1) is 0 Å². The quantitative estimate of drug-likeness (QED) is 0.779. The van der Waals surface area contributed by atoms with Crippen molar-refractivity contribution in [1.29, 1.82) is 0 Å². The van der Waals surface area contributed by atoms with E-state index < -0.39 is 0 Å². The van der Waals surface area contributed by atoms with E-state index in [0.717, 1.165) is 25.7 Å². The molecule has 0 bridgehead atoms. The van der Waals surface area contributed by atoms with Crippen LogP contribution in [0.2, 0.25) is 0 Å². The topological polar surface area (TPSA) is 49.4 Å². The van der Waals surface area contributed by atoms with E-state index in [4.69, 9.17) is 0 Å². The van der Waals surface area contributed by atoms with Crippen LogP contribution in [0.15, 0.2) is 0 Å². The standard InChI is InChI=1S/C12H20N2O2/c1-3-4-9-11(16)14(12(2)6-7-12)8-5-10(15)13-9/h9H,3-8H2,1-2H3,(H,13,15). The molecule has 1 saturated heterocycles. The number of hydrogen-bond donors (Lipinski definition) is 1. The molecule has 16 heavy (non-hydrogen) atoms. The Kier molecular flexibility index (Phi) is 2.91. The van der Waals surface area contributed by atoms with E-state index in [1.807, 2.05) is 11.8 Å². The van der Waals surface area contributed by atoms with Crippen molar-refractivity contribution in [1.82, 2.24) is 10.2 Å². The van der Waals surface area contributed by atoms with Crippen LogP contribution in [0.1, 0.15) is 46.0 Å². The van der Waals surface area contributed by atoms with E-state index in [2.05, 4.69) is 12.2 Å². The summed E-state index contributed by atoms with van der Waals surface area (Å²) in [5, 5.41) is 2.83. The fourth-order valence-corrected chi connectivity index (χ4v) is 2.31. The Bertz CT molecular complexity index is 310. The van der Waals surface area contributed by atoms with Gasteiger partial charge in [-0.1, -0.05) is 13.3 Å². The summed E-state index contributed by atoms with van der Waals surface area (Å²) in [5.74, 6) is 0.131. The summed E-state index contributed by atoms with van der Waals surface area (Å²) in [6.07, 6.45) is 4.26. The van der Waals surface area contributed by atoms with Gasteiger partial charge in [-0.05, 0) is 26.2 Å². The summed E-state index contributed by atoms with van der Waals surface area (Å²) < 4.78 is 0. The van der Waals surface area contributed by atoms with Crippen molar-refractivity contribution in [3.8, 4) is 0 Å².